The molecular formula is C14H17NO4. The third-order valence-corrected chi connectivity index (χ3v) is 3.52. The highest BCUT2D eigenvalue weighted by Gasteiger charge is 2.33. The van der Waals surface area contributed by atoms with Gasteiger partial charge in [0.05, 0.1) is 5.56 Å². The first-order valence-corrected chi connectivity index (χ1v) is 6.34. The third kappa shape index (κ3) is 2.54. The molecule has 0 unspecified atom stereocenters. The highest BCUT2D eigenvalue weighted by atomic mass is 16.4. The van der Waals surface area contributed by atoms with E-state index in [1.54, 1.807) is 19.1 Å². The Labute approximate surface area is 111 Å². The third-order valence-electron chi connectivity index (χ3n) is 3.52. The average Bonchev–Trinajstić information content (AvgIpc) is 2.41. The molecule has 1 aliphatic rings. The van der Waals surface area contributed by atoms with Gasteiger partial charge in [-0.05, 0) is 37.8 Å². The van der Waals surface area contributed by atoms with E-state index in [-0.39, 0.29) is 11.3 Å². The van der Waals surface area contributed by atoms with Gasteiger partial charge in [-0.15, -0.1) is 0 Å². The number of hydrogen-bond acceptors (Lipinski definition) is 3. The molecule has 2 rings (SSSR count). The summed E-state index contributed by atoms with van der Waals surface area (Å²) in [4.78, 5) is 24.9. The van der Waals surface area contributed by atoms with E-state index in [0.717, 1.165) is 12.8 Å². The van der Waals surface area contributed by atoms with Gasteiger partial charge in [0.25, 0.3) is 5.91 Å². The van der Waals surface area contributed by atoms with Crippen molar-refractivity contribution in [3.63, 3.8) is 0 Å². The lowest BCUT2D eigenvalue weighted by Gasteiger charge is -2.33. The Kier molecular flexibility index (Phi) is 3.74. The van der Waals surface area contributed by atoms with Crippen LogP contribution in [-0.2, 0) is 4.79 Å². The largest absolute Gasteiger partial charge is 0.507 e. The Morgan fingerprint density at radius 2 is 2.05 bits per heavy atom. The topological polar surface area (TPSA) is 77.8 Å². The summed E-state index contributed by atoms with van der Waals surface area (Å²) in [6, 6.07) is 4.12. The lowest BCUT2D eigenvalue weighted by atomic mass is 10.00. The fourth-order valence-corrected chi connectivity index (χ4v) is 2.42. The van der Waals surface area contributed by atoms with Crippen molar-refractivity contribution >= 4 is 11.9 Å². The number of aryl methyl sites for hydroxylation is 1. The van der Waals surface area contributed by atoms with Crippen LogP contribution in [0.5, 0.6) is 5.75 Å². The van der Waals surface area contributed by atoms with Crippen LogP contribution < -0.4 is 0 Å². The van der Waals surface area contributed by atoms with Crippen molar-refractivity contribution in [2.45, 2.75) is 32.2 Å². The molecular weight excluding hydrogens is 246 g/mol. The summed E-state index contributed by atoms with van der Waals surface area (Å²) in [6.45, 7) is 2.13. The molecule has 102 valence electrons. The first kappa shape index (κ1) is 13.4. The van der Waals surface area contributed by atoms with Gasteiger partial charge in [0.2, 0.25) is 0 Å². The van der Waals surface area contributed by atoms with E-state index in [2.05, 4.69) is 0 Å². The second kappa shape index (κ2) is 5.30. The van der Waals surface area contributed by atoms with Gasteiger partial charge in [-0.25, -0.2) is 4.79 Å². The summed E-state index contributed by atoms with van der Waals surface area (Å²) < 4.78 is 0. The van der Waals surface area contributed by atoms with Crippen LogP contribution in [-0.4, -0.2) is 39.6 Å². The van der Waals surface area contributed by atoms with E-state index in [4.69, 9.17) is 0 Å². The number of phenolic OH excluding ortho intramolecular Hbond substituents is 1. The number of phenols is 1. The molecule has 0 radical (unpaired) electrons. The number of carbonyl (C=O) groups is 2. The summed E-state index contributed by atoms with van der Waals surface area (Å²) in [7, 11) is 0. The zero-order valence-corrected chi connectivity index (χ0v) is 10.8. The van der Waals surface area contributed by atoms with E-state index in [0.29, 0.717) is 18.5 Å². The lowest BCUT2D eigenvalue weighted by molar-refractivity contribution is -0.143. The quantitative estimate of drug-likeness (QED) is 0.852. The number of rotatable bonds is 2. The van der Waals surface area contributed by atoms with Crippen LogP contribution in [0.2, 0.25) is 0 Å². The smallest absolute Gasteiger partial charge is 0.326 e. The Morgan fingerprint density at radius 3 is 2.74 bits per heavy atom. The highest BCUT2D eigenvalue weighted by Crippen LogP contribution is 2.26. The van der Waals surface area contributed by atoms with Crippen molar-refractivity contribution in [3.05, 3.63) is 29.3 Å². The van der Waals surface area contributed by atoms with Crippen LogP contribution in [0.15, 0.2) is 18.2 Å². The van der Waals surface area contributed by atoms with Gasteiger partial charge in [-0.1, -0.05) is 12.1 Å². The minimum absolute atomic E-state index is 0.0674. The van der Waals surface area contributed by atoms with E-state index in [9.17, 15) is 19.8 Å². The number of para-hydroxylation sites is 1. The van der Waals surface area contributed by atoms with Crippen LogP contribution in [0.3, 0.4) is 0 Å². The van der Waals surface area contributed by atoms with E-state index in [1.165, 1.54) is 11.0 Å². The summed E-state index contributed by atoms with van der Waals surface area (Å²) >= 11 is 0. The fraction of sp³-hybridized carbons (Fsp3) is 0.429. The first-order chi connectivity index (χ1) is 9.02. The number of piperidine rings is 1. The van der Waals surface area contributed by atoms with Crippen LogP contribution in [0.1, 0.15) is 35.2 Å². The Hall–Kier alpha value is -2.04. The van der Waals surface area contributed by atoms with Crippen LogP contribution in [0, 0.1) is 6.92 Å². The second-order valence-electron chi connectivity index (χ2n) is 4.82. The molecule has 1 heterocycles. The molecule has 0 bridgehead atoms. The van der Waals surface area contributed by atoms with Crippen LogP contribution in [0.25, 0.3) is 0 Å². The summed E-state index contributed by atoms with van der Waals surface area (Å²) in [5.74, 6) is -1.46. The van der Waals surface area contributed by atoms with Gasteiger partial charge in [-0.2, -0.15) is 0 Å². The average molecular weight is 263 g/mol. The number of amides is 1. The molecule has 1 aromatic rings. The minimum Gasteiger partial charge on any atom is -0.507 e. The van der Waals surface area contributed by atoms with Gasteiger partial charge < -0.3 is 15.1 Å². The number of likely N-dealkylation sites (tertiary alicyclic amines) is 1. The standard InChI is InChI=1S/C14H17NO4/c1-9-5-4-6-10(12(9)16)13(17)15-8-3-2-7-11(15)14(18)19/h4-6,11,16H,2-3,7-8H2,1H3,(H,18,19)/t11-/m0/s1. The van der Waals surface area contributed by atoms with E-state index >= 15 is 0 Å². The van der Waals surface area contributed by atoms with Crippen molar-refractivity contribution in [1.29, 1.82) is 0 Å². The molecule has 19 heavy (non-hydrogen) atoms. The summed E-state index contributed by atoms with van der Waals surface area (Å²) in [6.07, 6.45) is 2.07. The number of hydrogen-bond donors (Lipinski definition) is 2. The van der Waals surface area contributed by atoms with Gasteiger partial charge >= 0.3 is 5.97 Å². The molecule has 0 aromatic heterocycles. The van der Waals surface area contributed by atoms with Crippen LogP contribution >= 0.6 is 0 Å². The van der Waals surface area contributed by atoms with Gasteiger partial charge in [0.1, 0.15) is 11.8 Å². The van der Waals surface area contributed by atoms with Crippen molar-refractivity contribution in [1.82, 2.24) is 4.90 Å². The zero-order chi connectivity index (χ0) is 14.0. The Bertz CT molecular complexity index is 512. The normalized spacial score (nSPS) is 19.2. The molecule has 1 saturated heterocycles. The predicted octanol–water partition coefficient (Wildman–Crippen LogP) is 1.78. The molecule has 1 aromatic carbocycles. The van der Waals surface area contributed by atoms with E-state index in [1.807, 2.05) is 0 Å². The van der Waals surface area contributed by atoms with Crippen LogP contribution in [0.4, 0.5) is 0 Å². The number of nitrogens with zero attached hydrogens (tertiary/aromatic N) is 1. The second-order valence-corrected chi connectivity index (χ2v) is 4.82. The Balaban J connectivity index is 2.31. The molecule has 0 aliphatic carbocycles. The lowest BCUT2D eigenvalue weighted by Crippen LogP contribution is -2.48. The monoisotopic (exact) mass is 263 g/mol. The molecule has 0 saturated carbocycles. The van der Waals surface area contributed by atoms with Crippen molar-refractivity contribution < 1.29 is 19.8 Å². The minimum atomic E-state index is -0.986. The predicted molar refractivity (Wildman–Crippen MR) is 69.2 cm³/mol. The first-order valence-electron chi connectivity index (χ1n) is 6.34. The number of carboxylic acid groups (broad SMARTS) is 1. The Morgan fingerprint density at radius 1 is 1.32 bits per heavy atom. The number of benzene rings is 1. The summed E-state index contributed by atoms with van der Waals surface area (Å²) in [5.41, 5.74) is 0.780. The van der Waals surface area contributed by atoms with Crippen molar-refractivity contribution in [2.75, 3.05) is 6.54 Å². The fourth-order valence-electron chi connectivity index (χ4n) is 2.42. The maximum atomic E-state index is 12.4. The number of aliphatic carboxylic acids is 1. The molecule has 1 atom stereocenters. The van der Waals surface area contributed by atoms with Crippen molar-refractivity contribution in [2.24, 2.45) is 0 Å². The van der Waals surface area contributed by atoms with Crippen molar-refractivity contribution in [3.8, 4) is 5.75 Å². The number of aromatic hydroxyl groups is 1. The maximum Gasteiger partial charge on any atom is 0.326 e. The molecule has 1 aliphatic heterocycles. The molecule has 1 amide bonds. The SMILES string of the molecule is Cc1cccc(C(=O)N2CCCC[C@H]2C(=O)O)c1O. The zero-order valence-electron chi connectivity index (χ0n) is 10.8. The molecule has 1 fully saturated rings. The molecule has 5 nitrogen and oxygen atoms in total. The maximum absolute atomic E-state index is 12.4. The number of carboxylic acids is 1. The molecule has 2 N–H and O–H groups in total. The molecule has 5 heteroatoms. The highest BCUT2D eigenvalue weighted by molar-refractivity contribution is 5.99. The van der Waals surface area contributed by atoms with Gasteiger partial charge in [-0.3, -0.25) is 4.79 Å². The molecule has 0 spiro atoms. The summed E-state index contributed by atoms with van der Waals surface area (Å²) in [5, 5.41) is 19.1. The number of carbonyl (C=O) groups excluding carboxylic acids is 1. The van der Waals surface area contributed by atoms with Gasteiger partial charge in [0, 0.05) is 6.54 Å². The van der Waals surface area contributed by atoms with E-state index < -0.39 is 17.9 Å². The van der Waals surface area contributed by atoms with Gasteiger partial charge in [0.15, 0.2) is 0 Å².